The highest BCUT2D eigenvalue weighted by atomic mass is 127. The molecule has 0 saturated heterocycles. The van der Waals surface area contributed by atoms with Crippen LogP contribution in [0.2, 0.25) is 0 Å². The minimum Gasteiger partial charge on any atom is -0.482 e. The van der Waals surface area contributed by atoms with E-state index in [1.165, 1.54) is 6.42 Å². The molecule has 2 amide bonds. The first kappa shape index (κ1) is 34.4. The Morgan fingerprint density at radius 1 is 1.11 bits per heavy atom. The van der Waals surface area contributed by atoms with Crippen molar-refractivity contribution in [1.29, 1.82) is 0 Å². The minimum atomic E-state index is -1.10. The van der Waals surface area contributed by atoms with E-state index in [0.717, 1.165) is 27.5 Å². The van der Waals surface area contributed by atoms with Gasteiger partial charge in [0.05, 0.1) is 22.3 Å². The van der Waals surface area contributed by atoms with Gasteiger partial charge in [-0.05, 0) is 83.9 Å². The number of nitrogens with one attached hydrogen (secondary N) is 1. The number of amides is 2. The number of aliphatic hydroxyl groups is 2. The number of halogens is 1. The van der Waals surface area contributed by atoms with Crippen molar-refractivity contribution < 1.29 is 29.3 Å². The van der Waals surface area contributed by atoms with Gasteiger partial charge in [-0.15, -0.1) is 0 Å². The quantitative estimate of drug-likeness (QED) is 0.266. The highest BCUT2D eigenvalue weighted by molar-refractivity contribution is 14.1. The number of para-hydroxylation sites is 1. The van der Waals surface area contributed by atoms with Crippen LogP contribution in [0.3, 0.4) is 0 Å². The zero-order valence-electron chi connectivity index (χ0n) is 26.2. The van der Waals surface area contributed by atoms with Crippen LogP contribution in [-0.2, 0) is 20.9 Å². The molecule has 2 aliphatic carbocycles. The average Bonchev–Trinajstić information content (AvgIpc) is 3.00. The lowest BCUT2D eigenvalue weighted by Crippen LogP contribution is -2.55. The van der Waals surface area contributed by atoms with Gasteiger partial charge in [-0.1, -0.05) is 69.2 Å². The van der Waals surface area contributed by atoms with Gasteiger partial charge in [0.25, 0.3) is 0 Å². The van der Waals surface area contributed by atoms with Crippen molar-refractivity contribution >= 4 is 34.4 Å². The lowest BCUT2D eigenvalue weighted by molar-refractivity contribution is -0.149. The largest absolute Gasteiger partial charge is 0.482 e. The number of hydrogen-bond acceptors (Lipinski definition) is 6. The molecule has 3 N–H and O–H groups in total. The summed E-state index contributed by atoms with van der Waals surface area (Å²) in [5.74, 6) is 1.37. The third kappa shape index (κ3) is 9.05. The molecule has 9 heteroatoms. The smallest absolute Gasteiger partial charge is 0.249 e. The van der Waals surface area contributed by atoms with Gasteiger partial charge in [-0.25, -0.2) is 0 Å². The number of rotatable bonds is 12. The molecule has 240 valence electrons. The molecule has 0 heterocycles. The van der Waals surface area contributed by atoms with Gasteiger partial charge in [0, 0.05) is 25.1 Å². The predicted octanol–water partition coefficient (Wildman–Crippen LogP) is 5.02. The second kappa shape index (κ2) is 16.2. The monoisotopic (exact) mass is 718 g/mol. The lowest BCUT2D eigenvalue weighted by Gasteiger charge is -2.41. The van der Waals surface area contributed by atoms with Crippen molar-refractivity contribution in [3.05, 3.63) is 74.9 Å². The maximum absolute atomic E-state index is 14.1. The summed E-state index contributed by atoms with van der Waals surface area (Å²) in [7, 11) is 0. The van der Waals surface area contributed by atoms with Gasteiger partial charge in [-0.3, -0.25) is 9.59 Å². The van der Waals surface area contributed by atoms with E-state index >= 15 is 0 Å². The molecule has 0 spiro atoms. The van der Waals surface area contributed by atoms with Crippen LogP contribution in [0.4, 0.5) is 0 Å². The van der Waals surface area contributed by atoms with Crippen molar-refractivity contribution in [2.24, 2.45) is 17.8 Å². The number of nitrogens with zero attached hydrogens (tertiary/aromatic N) is 1. The summed E-state index contributed by atoms with van der Waals surface area (Å²) >= 11 is 2.17. The standard InChI is InChI=1S/C35H47IN2O6/c1-22(2)27-14-11-24(4)17-31(27)43-21-33(40)38(20-25-12-9-23(3)10-13-25)29-18-26(35(42)37-15-16-39)19-32(34(29)41)44-30-8-6-5-7-28(30)36/h5-10,12-13,19,22,24,27,29,31-32,34,39,41H,11,14-18,20-21H2,1-4H3,(H,37,42)/t24-,27+,29+,31-,32-,34-/m0/s1. The Balaban J connectivity index is 1.64. The SMILES string of the molecule is Cc1ccc(CN(C(=O)CO[C@H]2C[C@@H](C)CC[C@@H]2C(C)C)[C@@H]2CC(C(=O)NCCO)=C[C@H](Oc3ccccc3I)[C@H]2O)cc1. The summed E-state index contributed by atoms with van der Waals surface area (Å²) in [5.41, 5.74) is 2.42. The molecule has 8 nitrogen and oxygen atoms in total. The summed E-state index contributed by atoms with van der Waals surface area (Å²) in [6.07, 6.45) is 2.96. The predicted molar refractivity (Wildman–Crippen MR) is 179 cm³/mol. The molecular formula is C35H47IN2O6. The Morgan fingerprint density at radius 2 is 1.84 bits per heavy atom. The summed E-state index contributed by atoms with van der Waals surface area (Å²) in [6, 6.07) is 14.7. The van der Waals surface area contributed by atoms with Crippen LogP contribution >= 0.6 is 22.6 Å². The van der Waals surface area contributed by atoms with Crippen LogP contribution in [0.25, 0.3) is 0 Å². The van der Waals surface area contributed by atoms with Gasteiger partial charge in [0.1, 0.15) is 24.6 Å². The Hall–Kier alpha value is -2.47. The van der Waals surface area contributed by atoms with Gasteiger partial charge < -0.3 is 29.9 Å². The molecular weight excluding hydrogens is 671 g/mol. The van der Waals surface area contributed by atoms with Crippen LogP contribution in [0, 0.1) is 28.2 Å². The van der Waals surface area contributed by atoms with E-state index in [1.54, 1.807) is 11.0 Å². The highest BCUT2D eigenvalue weighted by Crippen LogP contribution is 2.36. The van der Waals surface area contributed by atoms with Gasteiger partial charge in [0.2, 0.25) is 11.8 Å². The van der Waals surface area contributed by atoms with Crippen LogP contribution in [0.5, 0.6) is 5.75 Å². The number of hydrogen-bond donors (Lipinski definition) is 3. The van der Waals surface area contributed by atoms with Crippen molar-refractivity contribution in [1.82, 2.24) is 10.2 Å². The lowest BCUT2D eigenvalue weighted by atomic mass is 9.75. The van der Waals surface area contributed by atoms with Gasteiger partial charge in [-0.2, -0.15) is 0 Å². The molecule has 1 fully saturated rings. The molecule has 6 atom stereocenters. The van der Waals surface area contributed by atoms with E-state index in [0.29, 0.717) is 29.1 Å². The number of carbonyl (C=O) groups is 2. The number of benzene rings is 2. The number of aliphatic hydroxyl groups excluding tert-OH is 2. The molecule has 2 aromatic carbocycles. The Bertz CT molecular complexity index is 1280. The topological polar surface area (TPSA) is 108 Å². The Kier molecular flexibility index (Phi) is 12.7. The van der Waals surface area contributed by atoms with E-state index in [4.69, 9.17) is 9.47 Å². The van der Waals surface area contributed by atoms with E-state index < -0.39 is 18.2 Å². The number of carbonyl (C=O) groups excluding carboxylic acids is 2. The van der Waals surface area contributed by atoms with Gasteiger partial charge in [0.15, 0.2) is 0 Å². The zero-order chi connectivity index (χ0) is 31.8. The van der Waals surface area contributed by atoms with Crippen molar-refractivity contribution in [3.63, 3.8) is 0 Å². The van der Waals surface area contributed by atoms with Crippen molar-refractivity contribution in [3.8, 4) is 5.75 Å². The molecule has 44 heavy (non-hydrogen) atoms. The molecule has 0 unspecified atom stereocenters. The fourth-order valence-corrected chi connectivity index (χ4v) is 6.83. The molecule has 0 radical (unpaired) electrons. The third-order valence-corrected chi connectivity index (χ3v) is 9.78. The maximum atomic E-state index is 14.1. The Morgan fingerprint density at radius 3 is 2.52 bits per heavy atom. The van der Waals surface area contributed by atoms with Crippen LogP contribution in [-0.4, -0.2) is 71.0 Å². The molecule has 0 bridgehead atoms. The summed E-state index contributed by atoms with van der Waals surface area (Å²) in [5, 5.41) is 23.8. The molecule has 4 rings (SSSR count). The second-order valence-corrected chi connectivity index (χ2v) is 13.8. The first-order valence-electron chi connectivity index (χ1n) is 15.7. The first-order chi connectivity index (χ1) is 21.1. The van der Waals surface area contributed by atoms with E-state index in [9.17, 15) is 19.8 Å². The van der Waals surface area contributed by atoms with E-state index in [1.807, 2.05) is 55.5 Å². The summed E-state index contributed by atoms with van der Waals surface area (Å²) in [6.45, 7) is 8.72. The molecule has 1 saturated carbocycles. The van der Waals surface area contributed by atoms with Crippen LogP contribution < -0.4 is 10.1 Å². The average molecular weight is 719 g/mol. The van der Waals surface area contributed by atoms with Crippen LogP contribution in [0.1, 0.15) is 57.6 Å². The molecule has 2 aromatic rings. The second-order valence-electron chi connectivity index (χ2n) is 12.6. The Labute approximate surface area is 275 Å². The zero-order valence-corrected chi connectivity index (χ0v) is 28.4. The highest BCUT2D eigenvalue weighted by Gasteiger charge is 2.41. The summed E-state index contributed by atoms with van der Waals surface area (Å²) in [4.78, 5) is 28.9. The number of aryl methyl sites for hydroxylation is 1. The van der Waals surface area contributed by atoms with Gasteiger partial charge >= 0.3 is 0 Å². The molecule has 0 aromatic heterocycles. The minimum absolute atomic E-state index is 0.00356. The van der Waals surface area contributed by atoms with E-state index in [2.05, 4.69) is 48.7 Å². The molecule has 2 aliphatic rings. The van der Waals surface area contributed by atoms with Crippen LogP contribution in [0.15, 0.2) is 60.2 Å². The maximum Gasteiger partial charge on any atom is 0.249 e. The first-order valence-corrected chi connectivity index (χ1v) is 16.8. The van der Waals surface area contributed by atoms with Crippen molar-refractivity contribution in [2.45, 2.75) is 84.3 Å². The third-order valence-electron chi connectivity index (χ3n) is 8.89. The van der Waals surface area contributed by atoms with Crippen molar-refractivity contribution in [2.75, 3.05) is 19.8 Å². The normalized spacial score (nSPS) is 25.3. The molecule has 0 aliphatic heterocycles. The van der Waals surface area contributed by atoms with E-state index in [-0.39, 0.29) is 50.6 Å². The fraction of sp³-hybridized carbons (Fsp3) is 0.543. The fourth-order valence-electron chi connectivity index (χ4n) is 6.31. The number of ether oxygens (including phenoxy) is 2. The summed E-state index contributed by atoms with van der Waals surface area (Å²) < 4.78 is 13.5.